The number of carbonyl (C=O) groups is 1. The van der Waals surface area contributed by atoms with Crippen LogP contribution in [0.4, 0.5) is 5.69 Å². The first-order chi connectivity index (χ1) is 10.8. The summed E-state index contributed by atoms with van der Waals surface area (Å²) in [6.07, 6.45) is 4.49. The van der Waals surface area contributed by atoms with E-state index in [1.54, 1.807) is 0 Å². The summed E-state index contributed by atoms with van der Waals surface area (Å²) in [4.78, 5) is 22.2. The maximum atomic E-state index is 12.0. The third kappa shape index (κ3) is 3.87. The molecule has 1 amide bonds. The Hall–Kier alpha value is -2.31. The van der Waals surface area contributed by atoms with Gasteiger partial charge in [-0.1, -0.05) is 12.1 Å². The van der Waals surface area contributed by atoms with Crippen LogP contribution in [0.2, 0.25) is 0 Å². The molecule has 6 nitrogen and oxygen atoms in total. The number of morpholine rings is 1. The van der Waals surface area contributed by atoms with Gasteiger partial charge in [0.25, 0.3) is 5.91 Å². The predicted octanol–water partition coefficient (Wildman–Crippen LogP) is 1.56. The Balaban J connectivity index is 1.58. The zero-order valence-electron chi connectivity index (χ0n) is 12.2. The van der Waals surface area contributed by atoms with Gasteiger partial charge in [-0.05, 0) is 17.7 Å². The summed E-state index contributed by atoms with van der Waals surface area (Å²) in [5.41, 5.74) is 2.28. The number of benzene rings is 1. The molecule has 114 valence electrons. The van der Waals surface area contributed by atoms with Crippen LogP contribution in [-0.2, 0) is 11.3 Å². The van der Waals surface area contributed by atoms with Crippen LogP contribution in [-0.4, -0.2) is 47.1 Å². The molecule has 0 unspecified atom stereocenters. The molecule has 3 rings (SSSR count). The Morgan fingerprint density at radius 3 is 2.64 bits per heavy atom. The van der Waals surface area contributed by atoms with E-state index in [-0.39, 0.29) is 5.91 Å². The topological polar surface area (TPSA) is 67.4 Å². The third-order valence-corrected chi connectivity index (χ3v) is 3.52. The Kier molecular flexibility index (Phi) is 4.72. The number of carbonyl (C=O) groups excluding carboxylic acids is 1. The molecule has 1 N–H and O–H groups in total. The van der Waals surface area contributed by atoms with E-state index in [0.29, 0.717) is 5.69 Å². The Morgan fingerprint density at radius 2 is 1.95 bits per heavy atom. The van der Waals surface area contributed by atoms with Crippen molar-refractivity contribution in [2.24, 2.45) is 0 Å². The molecule has 1 aromatic heterocycles. The Labute approximate surface area is 129 Å². The molecule has 22 heavy (non-hydrogen) atoms. The minimum Gasteiger partial charge on any atom is -0.379 e. The number of anilines is 1. The van der Waals surface area contributed by atoms with Gasteiger partial charge < -0.3 is 10.1 Å². The van der Waals surface area contributed by atoms with E-state index in [2.05, 4.69) is 20.2 Å². The third-order valence-electron chi connectivity index (χ3n) is 3.52. The molecular formula is C16H18N4O2. The quantitative estimate of drug-likeness (QED) is 0.928. The van der Waals surface area contributed by atoms with Crippen molar-refractivity contribution in [1.29, 1.82) is 0 Å². The molecule has 1 saturated heterocycles. The second kappa shape index (κ2) is 7.11. The van der Waals surface area contributed by atoms with Crippen LogP contribution < -0.4 is 5.32 Å². The van der Waals surface area contributed by atoms with Gasteiger partial charge in [0, 0.05) is 37.7 Å². The lowest BCUT2D eigenvalue weighted by Crippen LogP contribution is -2.35. The summed E-state index contributed by atoms with van der Waals surface area (Å²) in [6, 6.07) is 7.87. The van der Waals surface area contributed by atoms with Crippen molar-refractivity contribution in [2.45, 2.75) is 6.54 Å². The van der Waals surface area contributed by atoms with E-state index in [1.165, 1.54) is 24.2 Å². The molecule has 1 aromatic carbocycles. The average molecular weight is 298 g/mol. The van der Waals surface area contributed by atoms with Crippen molar-refractivity contribution in [3.63, 3.8) is 0 Å². The van der Waals surface area contributed by atoms with Crippen LogP contribution in [0.5, 0.6) is 0 Å². The lowest BCUT2D eigenvalue weighted by atomic mass is 10.2. The van der Waals surface area contributed by atoms with E-state index >= 15 is 0 Å². The summed E-state index contributed by atoms with van der Waals surface area (Å²) in [5, 5.41) is 2.81. The van der Waals surface area contributed by atoms with E-state index in [4.69, 9.17) is 4.74 Å². The monoisotopic (exact) mass is 298 g/mol. The maximum absolute atomic E-state index is 12.0. The average Bonchev–Trinajstić information content (AvgIpc) is 2.58. The van der Waals surface area contributed by atoms with Crippen molar-refractivity contribution in [1.82, 2.24) is 14.9 Å². The summed E-state index contributed by atoms with van der Waals surface area (Å²) >= 11 is 0. The fraction of sp³-hybridized carbons (Fsp3) is 0.312. The number of aromatic nitrogens is 2. The molecule has 0 spiro atoms. The molecule has 0 atom stereocenters. The van der Waals surface area contributed by atoms with Gasteiger partial charge in [0.2, 0.25) is 0 Å². The van der Waals surface area contributed by atoms with E-state index in [9.17, 15) is 4.79 Å². The number of nitrogens with zero attached hydrogens (tertiary/aromatic N) is 3. The van der Waals surface area contributed by atoms with Crippen molar-refractivity contribution >= 4 is 11.6 Å². The van der Waals surface area contributed by atoms with Gasteiger partial charge >= 0.3 is 0 Å². The molecule has 1 aliphatic heterocycles. The van der Waals surface area contributed by atoms with Gasteiger partial charge in [0.15, 0.2) is 0 Å². The molecule has 1 fully saturated rings. The number of hydrogen-bond donors (Lipinski definition) is 1. The normalized spacial score (nSPS) is 15.5. The number of nitrogens with one attached hydrogen (secondary N) is 1. The lowest BCUT2D eigenvalue weighted by molar-refractivity contribution is 0.0342. The second-order valence-electron chi connectivity index (χ2n) is 5.13. The summed E-state index contributed by atoms with van der Waals surface area (Å²) in [7, 11) is 0. The van der Waals surface area contributed by atoms with Gasteiger partial charge in [-0.25, -0.2) is 4.98 Å². The minimum absolute atomic E-state index is 0.256. The minimum atomic E-state index is -0.256. The highest BCUT2D eigenvalue weighted by molar-refractivity contribution is 6.02. The molecule has 0 bridgehead atoms. The fourth-order valence-electron chi connectivity index (χ4n) is 2.32. The first kappa shape index (κ1) is 14.6. The smallest absolute Gasteiger partial charge is 0.275 e. The van der Waals surface area contributed by atoms with E-state index in [0.717, 1.165) is 38.5 Å². The standard InChI is InChI=1S/C16H18N4O2/c21-16(15-11-17-5-6-18-15)19-14-3-1-13(2-4-14)12-20-7-9-22-10-8-20/h1-6,11H,7-10,12H2,(H,19,21). The zero-order valence-corrected chi connectivity index (χ0v) is 12.2. The largest absolute Gasteiger partial charge is 0.379 e. The van der Waals surface area contributed by atoms with Crippen molar-refractivity contribution in [3.8, 4) is 0 Å². The number of rotatable bonds is 4. The molecule has 0 aliphatic carbocycles. The van der Waals surface area contributed by atoms with Crippen LogP contribution in [0.15, 0.2) is 42.9 Å². The number of ether oxygens (including phenoxy) is 1. The molecule has 6 heteroatoms. The van der Waals surface area contributed by atoms with Gasteiger partial charge in [-0.2, -0.15) is 0 Å². The highest BCUT2D eigenvalue weighted by Gasteiger charge is 2.11. The summed E-state index contributed by atoms with van der Waals surface area (Å²) < 4.78 is 5.34. The number of hydrogen-bond acceptors (Lipinski definition) is 5. The molecule has 1 aliphatic rings. The first-order valence-corrected chi connectivity index (χ1v) is 7.28. The van der Waals surface area contributed by atoms with E-state index < -0.39 is 0 Å². The highest BCUT2D eigenvalue weighted by atomic mass is 16.5. The second-order valence-corrected chi connectivity index (χ2v) is 5.13. The highest BCUT2D eigenvalue weighted by Crippen LogP contribution is 2.13. The van der Waals surface area contributed by atoms with Crippen LogP contribution in [0.1, 0.15) is 16.1 Å². The van der Waals surface area contributed by atoms with Crippen LogP contribution in [0, 0.1) is 0 Å². The lowest BCUT2D eigenvalue weighted by Gasteiger charge is -2.26. The Morgan fingerprint density at radius 1 is 1.18 bits per heavy atom. The van der Waals surface area contributed by atoms with Gasteiger partial charge in [-0.15, -0.1) is 0 Å². The molecule has 0 radical (unpaired) electrons. The van der Waals surface area contributed by atoms with Gasteiger partial charge in [-0.3, -0.25) is 14.7 Å². The van der Waals surface area contributed by atoms with E-state index in [1.807, 2.05) is 24.3 Å². The van der Waals surface area contributed by atoms with Crippen molar-refractivity contribution < 1.29 is 9.53 Å². The molecule has 0 saturated carbocycles. The van der Waals surface area contributed by atoms with Gasteiger partial charge in [0.1, 0.15) is 5.69 Å². The zero-order chi connectivity index (χ0) is 15.2. The van der Waals surface area contributed by atoms with Crippen LogP contribution >= 0.6 is 0 Å². The molecular weight excluding hydrogens is 280 g/mol. The predicted molar refractivity (Wildman–Crippen MR) is 82.5 cm³/mol. The van der Waals surface area contributed by atoms with Crippen LogP contribution in [0.3, 0.4) is 0 Å². The SMILES string of the molecule is O=C(Nc1ccc(CN2CCOCC2)cc1)c1cnccn1. The summed E-state index contributed by atoms with van der Waals surface area (Å²) in [5.74, 6) is -0.256. The van der Waals surface area contributed by atoms with Crippen LogP contribution in [0.25, 0.3) is 0 Å². The summed E-state index contributed by atoms with van der Waals surface area (Å²) in [6.45, 7) is 4.43. The Bertz CT molecular complexity index is 610. The number of amides is 1. The maximum Gasteiger partial charge on any atom is 0.275 e. The molecule has 2 aromatic rings. The fourth-order valence-corrected chi connectivity index (χ4v) is 2.32. The van der Waals surface area contributed by atoms with Crippen molar-refractivity contribution in [3.05, 3.63) is 54.1 Å². The first-order valence-electron chi connectivity index (χ1n) is 7.28. The van der Waals surface area contributed by atoms with Gasteiger partial charge in [0.05, 0.1) is 19.4 Å². The molecule has 2 heterocycles. The van der Waals surface area contributed by atoms with Crippen molar-refractivity contribution in [2.75, 3.05) is 31.6 Å².